The maximum Gasteiger partial charge on any atom is 0.309 e. The number of carboxylic acid groups (broad SMARTS) is 1. The predicted molar refractivity (Wildman–Crippen MR) is 60.8 cm³/mol. The molecule has 0 saturated carbocycles. The minimum atomic E-state index is -0.694. The van der Waals surface area contributed by atoms with Crippen molar-refractivity contribution in [3.8, 4) is 0 Å². The van der Waals surface area contributed by atoms with Crippen molar-refractivity contribution >= 4 is 5.97 Å². The summed E-state index contributed by atoms with van der Waals surface area (Å²) in [5.74, 6) is -0.694. The van der Waals surface area contributed by atoms with E-state index in [9.17, 15) is 4.79 Å². The van der Waals surface area contributed by atoms with E-state index in [1.807, 2.05) is 44.2 Å². The Morgan fingerprint density at radius 1 is 1.33 bits per heavy atom. The van der Waals surface area contributed by atoms with Gasteiger partial charge in [-0.1, -0.05) is 37.3 Å². The molecule has 0 aliphatic carbocycles. The van der Waals surface area contributed by atoms with Crippen molar-refractivity contribution in [2.45, 2.75) is 33.1 Å². The van der Waals surface area contributed by atoms with Gasteiger partial charge in [-0.05, 0) is 31.7 Å². The van der Waals surface area contributed by atoms with Gasteiger partial charge in [-0.25, -0.2) is 0 Å². The van der Waals surface area contributed by atoms with Gasteiger partial charge in [-0.2, -0.15) is 0 Å². The van der Waals surface area contributed by atoms with Crippen LogP contribution in [0.15, 0.2) is 30.3 Å². The van der Waals surface area contributed by atoms with Crippen LogP contribution >= 0.6 is 0 Å². The summed E-state index contributed by atoms with van der Waals surface area (Å²) in [6.45, 7) is 3.75. The second kappa shape index (κ2) is 4.96. The number of benzene rings is 1. The molecule has 0 radical (unpaired) electrons. The molecule has 2 heteroatoms. The second-order valence-corrected chi connectivity index (χ2v) is 4.20. The second-order valence-electron chi connectivity index (χ2n) is 4.20. The fraction of sp³-hybridized carbons (Fsp3) is 0.462. The summed E-state index contributed by atoms with van der Waals surface area (Å²) >= 11 is 0. The van der Waals surface area contributed by atoms with E-state index in [1.54, 1.807) is 0 Å². The van der Waals surface area contributed by atoms with Gasteiger partial charge in [0.25, 0.3) is 0 Å². The normalized spacial score (nSPS) is 14.5. The third-order valence-electron chi connectivity index (χ3n) is 3.10. The first-order chi connectivity index (χ1) is 7.08. The van der Waals surface area contributed by atoms with Crippen molar-refractivity contribution in [3.05, 3.63) is 35.9 Å². The molecule has 0 saturated heterocycles. The Kier molecular flexibility index (Phi) is 3.89. The molecule has 82 valence electrons. The molecular weight excluding hydrogens is 188 g/mol. The summed E-state index contributed by atoms with van der Waals surface area (Å²) in [6.07, 6.45) is 2.20. The van der Waals surface area contributed by atoms with Crippen LogP contribution in [0.1, 0.15) is 32.3 Å². The van der Waals surface area contributed by atoms with E-state index in [2.05, 4.69) is 0 Å². The Balaban J connectivity index is 2.59. The Morgan fingerprint density at radius 2 is 1.93 bits per heavy atom. The van der Waals surface area contributed by atoms with Crippen molar-refractivity contribution in [1.82, 2.24) is 0 Å². The highest BCUT2D eigenvalue weighted by Gasteiger charge is 2.30. The average molecular weight is 206 g/mol. The number of carboxylic acids is 1. The quantitative estimate of drug-likeness (QED) is 0.803. The van der Waals surface area contributed by atoms with Gasteiger partial charge in [0, 0.05) is 0 Å². The maximum absolute atomic E-state index is 11.1. The lowest BCUT2D eigenvalue weighted by atomic mass is 9.82. The molecular formula is C13H18O2. The third-order valence-corrected chi connectivity index (χ3v) is 3.10. The number of aryl methyl sites for hydroxylation is 1. The molecule has 0 aliphatic rings. The number of rotatable bonds is 5. The zero-order valence-electron chi connectivity index (χ0n) is 9.36. The zero-order chi connectivity index (χ0) is 11.3. The fourth-order valence-corrected chi connectivity index (χ4v) is 1.50. The largest absolute Gasteiger partial charge is 0.481 e. The molecule has 2 nitrogen and oxygen atoms in total. The van der Waals surface area contributed by atoms with Crippen molar-refractivity contribution < 1.29 is 9.90 Å². The highest BCUT2D eigenvalue weighted by atomic mass is 16.4. The molecule has 0 aromatic heterocycles. The minimum absolute atomic E-state index is 0.587. The third kappa shape index (κ3) is 3.08. The topological polar surface area (TPSA) is 37.3 Å². The lowest BCUT2D eigenvalue weighted by Crippen LogP contribution is -2.27. The number of carbonyl (C=O) groups is 1. The van der Waals surface area contributed by atoms with Gasteiger partial charge in [0.2, 0.25) is 0 Å². The monoisotopic (exact) mass is 206 g/mol. The van der Waals surface area contributed by atoms with E-state index >= 15 is 0 Å². The first-order valence-corrected chi connectivity index (χ1v) is 5.36. The fourth-order valence-electron chi connectivity index (χ4n) is 1.50. The summed E-state index contributed by atoms with van der Waals surface area (Å²) in [4.78, 5) is 11.1. The van der Waals surface area contributed by atoms with Crippen LogP contribution in [0.3, 0.4) is 0 Å². The van der Waals surface area contributed by atoms with Gasteiger partial charge in [-0.15, -0.1) is 0 Å². The molecule has 1 atom stereocenters. The molecule has 1 aromatic rings. The molecule has 0 aliphatic heterocycles. The smallest absolute Gasteiger partial charge is 0.309 e. The summed E-state index contributed by atoms with van der Waals surface area (Å²) in [7, 11) is 0. The predicted octanol–water partition coefficient (Wildman–Crippen LogP) is 3.12. The first-order valence-electron chi connectivity index (χ1n) is 5.36. The van der Waals surface area contributed by atoms with E-state index < -0.39 is 11.4 Å². The van der Waals surface area contributed by atoms with Crippen LogP contribution in [0.25, 0.3) is 0 Å². The van der Waals surface area contributed by atoms with Crippen molar-refractivity contribution in [2.24, 2.45) is 5.41 Å². The molecule has 0 unspecified atom stereocenters. The average Bonchev–Trinajstić information content (AvgIpc) is 2.27. The van der Waals surface area contributed by atoms with E-state index in [-0.39, 0.29) is 0 Å². The van der Waals surface area contributed by atoms with Gasteiger partial charge in [0.15, 0.2) is 0 Å². The molecule has 15 heavy (non-hydrogen) atoms. The van der Waals surface area contributed by atoms with E-state index in [1.165, 1.54) is 5.56 Å². The van der Waals surface area contributed by atoms with Crippen LogP contribution in [0.2, 0.25) is 0 Å². The Labute approximate surface area is 90.9 Å². The lowest BCUT2D eigenvalue weighted by Gasteiger charge is -2.22. The van der Waals surface area contributed by atoms with Crippen LogP contribution in [-0.4, -0.2) is 11.1 Å². The summed E-state index contributed by atoms with van der Waals surface area (Å²) < 4.78 is 0. The molecule has 0 heterocycles. The molecule has 0 amide bonds. The van der Waals surface area contributed by atoms with Crippen LogP contribution in [0.5, 0.6) is 0 Å². The van der Waals surface area contributed by atoms with Gasteiger partial charge >= 0.3 is 5.97 Å². The minimum Gasteiger partial charge on any atom is -0.481 e. The van der Waals surface area contributed by atoms with E-state index in [0.717, 1.165) is 6.42 Å². The van der Waals surface area contributed by atoms with Crippen molar-refractivity contribution in [3.63, 3.8) is 0 Å². The number of hydrogen-bond acceptors (Lipinski definition) is 1. The highest BCUT2D eigenvalue weighted by Crippen LogP contribution is 2.27. The van der Waals surface area contributed by atoms with Crippen LogP contribution in [0.4, 0.5) is 0 Å². The van der Waals surface area contributed by atoms with Crippen molar-refractivity contribution in [1.29, 1.82) is 0 Å². The zero-order valence-corrected chi connectivity index (χ0v) is 9.36. The molecule has 1 rings (SSSR count). The standard InChI is InChI=1S/C13H18O2/c1-3-13(2,12(14)15)10-9-11-7-5-4-6-8-11/h4-8H,3,9-10H2,1-2H3,(H,14,15)/t13-/m1/s1. The number of aliphatic carboxylic acids is 1. The van der Waals surface area contributed by atoms with Gasteiger partial charge in [0.1, 0.15) is 0 Å². The summed E-state index contributed by atoms with van der Waals surface area (Å²) in [6, 6.07) is 10.0. The molecule has 0 spiro atoms. The van der Waals surface area contributed by atoms with Crippen LogP contribution < -0.4 is 0 Å². The van der Waals surface area contributed by atoms with E-state index in [4.69, 9.17) is 5.11 Å². The molecule has 1 N–H and O–H groups in total. The van der Waals surface area contributed by atoms with Crippen molar-refractivity contribution in [2.75, 3.05) is 0 Å². The molecule has 1 aromatic carbocycles. The lowest BCUT2D eigenvalue weighted by molar-refractivity contribution is -0.148. The Hall–Kier alpha value is -1.31. The number of hydrogen-bond donors (Lipinski definition) is 1. The van der Waals surface area contributed by atoms with E-state index in [0.29, 0.717) is 12.8 Å². The van der Waals surface area contributed by atoms with Gasteiger partial charge < -0.3 is 5.11 Å². The Bertz CT molecular complexity index is 319. The van der Waals surface area contributed by atoms with Crippen LogP contribution in [-0.2, 0) is 11.2 Å². The van der Waals surface area contributed by atoms with Crippen LogP contribution in [0, 0.1) is 5.41 Å². The first kappa shape index (κ1) is 11.8. The van der Waals surface area contributed by atoms with Gasteiger partial charge in [0.05, 0.1) is 5.41 Å². The Morgan fingerprint density at radius 3 is 2.40 bits per heavy atom. The summed E-state index contributed by atoms with van der Waals surface area (Å²) in [5, 5.41) is 9.11. The maximum atomic E-state index is 11.1. The summed E-state index contributed by atoms with van der Waals surface area (Å²) in [5.41, 5.74) is 0.619. The molecule has 0 fully saturated rings. The van der Waals surface area contributed by atoms with Gasteiger partial charge in [-0.3, -0.25) is 4.79 Å². The highest BCUT2D eigenvalue weighted by molar-refractivity contribution is 5.74. The molecule has 0 bridgehead atoms. The SMILES string of the molecule is CC[C@](C)(CCc1ccccc1)C(=O)O.